The van der Waals surface area contributed by atoms with Gasteiger partial charge in [0.2, 0.25) is 5.91 Å². The van der Waals surface area contributed by atoms with E-state index in [1.807, 2.05) is 35.4 Å². The van der Waals surface area contributed by atoms with E-state index in [1.54, 1.807) is 18.9 Å². The fraction of sp³-hybridized carbons (Fsp3) is 0.417. The smallest absolute Gasteiger partial charge is 0.233 e. The third-order valence-electron chi connectivity index (χ3n) is 5.67. The van der Waals surface area contributed by atoms with Crippen molar-refractivity contribution in [3.05, 3.63) is 47.0 Å². The molecule has 176 valence electrons. The van der Waals surface area contributed by atoms with Gasteiger partial charge in [-0.25, -0.2) is 4.98 Å². The van der Waals surface area contributed by atoms with Crippen molar-refractivity contribution in [2.24, 2.45) is 0 Å². The van der Waals surface area contributed by atoms with Crippen LogP contribution in [-0.2, 0) is 16.0 Å². The normalized spacial score (nSPS) is 14.5. The molecule has 0 aliphatic carbocycles. The van der Waals surface area contributed by atoms with Gasteiger partial charge in [-0.3, -0.25) is 14.6 Å². The number of halogens is 1. The Morgan fingerprint density at radius 1 is 1.24 bits per heavy atom. The van der Waals surface area contributed by atoms with Gasteiger partial charge in [0, 0.05) is 31.1 Å². The van der Waals surface area contributed by atoms with Crippen LogP contribution in [0.3, 0.4) is 0 Å². The standard InChI is InChI=1S/C24H28ClN3O3S2/c1-30-20-9-8-19(25)23-22(20)26-24(33-23)28(11-3-10-27-12-14-31-15-13-27)21(29)16-17-4-6-18(32-2)7-5-17/h4-9H,3,10-16H2,1-2H3. The molecule has 9 heteroatoms. The summed E-state index contributed by atoms with van der Waals surface area (Å²) in [6.07, 6.45) is 3.23. The molecule has 1 aliphatic rings. The predicted molar refractivity (Wildman–Crippen MR) is 137 cm³/mol. The van der Waals surface area contributed by atoms with Crippen molar-refractivity contribution in [3.63, 3.8) is 0 Å². The number of carbonyl (C=O) groups is 1. The van der Waals surface area contributed by atoms with Gasteiger partial charge in [-0.1, -0.05) is 35.1 Å². The van der Waals surface area contributed by atoms with Gasteiger partial charge >= 0.3 is 0 Å². The van der Waals surface area contributed by atoms with Gasteiger partial charge in [-0.05, 0) is 42.5 Å². The van der Waals surface area contributed by atoms with Gasteiger partial charge < -0.3 is 9.47 Å². The van der Waals surface area contributed by atoms with Crippen LogP contribution in [0, 0.1) is 0 Å². The predicted octanol–water partition coefficient (Wildman–Crippen LogP) is 4.98. The van der Waals surface area contributed by atoms with Gasteiger partial charge in [-0.2, -0.15) is 0 Å². The van der Waals surface area contributed by atoms with Crippen molar-refractivity contribution >= 4 is 56.0 Å². The van der Waals surface area contributed by atoms with Gasteiger partial charge in [0.1, 0.15) is 11.3 Å². The van der Waals surface area contributed by atoms with E-state index >= 15 is 0 Å². The number of fused-ring (bicyclic) bond motifs is 1. The molecule has 2 heterocycles. The fourth-order valence-electron chi connectivity index (χ4n) is 3.84. The molecule has 1 aromatic heterocycles. The van der Waals surface area contributed by atoms with Crippen LogP contribution in [0.4, 0.5) is 5.13 Å². The van der Waals surface area contributed by atoms with E-state index in [0.29, 0.717) is 34.4 Å². The molecular weight excluding hydrogens is 478 g/mol. The van der Waals surface area contributed by atoms with Crippen LogP contribution in [0.25, 0.3) is 10.2 Å². The van der Waals surface area contributed by atoms with E-state index in [2.05, 4.69) is 17.0 Å². The lowest BCUT2D eigenvalue weighted by molar-refractivity contribution is -0.118. The van der Waals surface area contributed by atoms with Crippen LogP contribution < -0.4 is 9.64 Å². The average molecular weight is 506 g/mol. The number of morpholine rings is 1. The van der Waals surface area contributed by atoms with Crippen molar-refractivity contribution in [2.45, 2.75) is 17.7 Å². The highest BCUT2D eigenvalue weighted by Gasteiger charge is 2.22. The Labute approximate surface area is 207 Å². The van der Waals surface area contributed by atoms with Crippen molar-refractivity contribution < 1.29 is 14.3 Å². The number of hydrogen-bond acceptors (Lipinski definition) is 7. The van der Waals surface area contributed by atoms with E-state index in [0.717, 1.165) is 49.5 Å². The number of carbonyl (C=O) groups excluding carboxylic acids is 1. The molecule has 0 bridgehead atoms. The number of amides is 1. The number of benzene rings is 2. The first-order valence-electron chi connectivity index (χ1n) is 11.0. The largest absolute Gasteiger partial charge is 0.494 e. The highest BCUT2D eigenvalue weighted by molar-refractivity contribution is 7.98. The second-order valence-corrected chi connectivity index (χ2v) is 10.1. The Morgan fingerprint density at radius 3 is 2.70 bits per heavy atom. The van der Waals surface area contributed by atoms with Crippen molar-refractivity contribution in [1.82, 2.24) is 9.88 Å². The lowest BCUT2D eigenvalue weighted by Crippen LogP contribution is -2.39. The summed E-state index contributed by atoms with van der Waals surface area (Å²) in [6.45, 7) is 4.92. The first-order valence-corrected chi connectivity index (χ1v) is 13.4. The molecule has 3 aromatic rings. The number of thioether (sulfide) groups is 1. The van der Waals surface area contributed by atoms with E-state index < -0.39 is 0 Å². The highest BCUT2D eigenvalue weighted by atomic mass is 35.5. The SMILES string of the molecule is COc1ccc(Cl)c2sc(N(CCCN3CCOCC3)C(=O)Cc3ccc(SC)cc3)nc12. The summed E-state index contributed by atoms with van der Waals surface area (Å²) in [7, 11) is 1.62. The summed E-state index contributed by atoms with van der Waals surface area (Å²) in [5.41, 5.74) is 1.69. The minimum absolute atomic E-state index is 0.0306. The topological polar surface area (TPSA) is 54.9 Å². The summed E-state index contributed by atoms with van der Waals surface area (Å²) in [4.78, 5) is 23.6. The lowest BCUT2D eigenvalue weighted by Gasteiger charge is -2.27. The van der Waals surface area contributed by atoms with E-state index in [1.165, 1.54) is 16.2 Å². The molecule has 0 radical (unpaired) electrons. The van der Waals surface area contributed by atoms with Crippen molar-refractivity contribution in [3.8, 4) is 5.75 Å². The minimum atomic E-state index is 0.0306. The molecule has 33 heavy (non-hydrogen) atoms. The number of thiazole rings is 1. The first-order chi connectivity index (χ1) is 16.1. The summed E-state index contributed by atoms with van der Waals surface area (Å²) in [6, 6.07) is 11.8. The minimum Gasteiger partial charge on any atom is -0.494 e. The van der Waals surface area contributed by atoms with Crippen LogP contribution in [0.1, 0.15) is 12.0 Å². The summed E-state index contributed by atoms with van der Waals surface area (Å²) >= 11 is 9.57. The Kier molecular flexibility index (Phi) is 8.49. The molecule has 0 saturated carbocycles. The number of aromatic nitrogens is 1. The molecule has 0 unspecified atom stereocenters. The van der Waals surface area contributed by atoms with E-state index in [9.17, 15) is 4.79 Å². The molecule has 0 spiro atoms. The molecule has 4 rings (SSSR count). The Balaban J connectivity index is 1.56. The summed E-state index contributed by atoms with van der Waals surface area (Å²) in [5, 5.41) is 1.27. The third-order valence-corrected chi connectivity index (χ3v) is 7.96. The molecule has 1 aliphatic heterocycles. The maximum Gasteiger partial charge on any atom is 0.233 e. The molecule has 1 fully saturated rings. The summed E-state index contributed by atoms with van der Waals surface area (Å²) in [5.74, 6) is 0.688. The van der Waals surface area contributed by atoms with Crippen molar-refractivity contribution in [2.75, 3.05) is 57.7 Å². The molecule has 1 amide bonds. The van der Waals surface area contributed by atoms with Crippen LogP contribution in [0.2, 0.25) is 5.02 Å². The molecular formula is C24H28ClN3O3S2. The van der Waals surface area contributed by atoms with Crippen LogP contribution in [0.15, 0.2) is 41.3 Å². The van der Waals surface area contributed by atoms with E-state index in [-0.39, 0.29) is 5.91 Å². The van der Waals surface area contributed by atoms with E-state index in [4.69, 9.17) is 26.1 Å². The quantitative estimate of drug-likeness (QED) is 0.382. The third kappa shape index (κ3) is 6.00. The Hall–Kier alpha value is -1.84. The number of hydrogen-bond donors (Lipinski definition) is 0. The van der Waals surface area contributed by atoms with Crippen LogP contribution in [0.5, 0.6) is 5.75 Å². The number of rotatable bonds is 9. The molecule has 2 aromatic carbocycles. The second kappa shape index (κ2) is 11.5. The van der Waals surface area contributed by atoms with Crippen molar-refractivity contribution in [1.29, 1.82) is 0 Å². The van der Waals surface area contributed by atoms with Crippen LogP contribution in [-0.4, -0.2) is 68.5 Å². The highest BCUT2D eigenvalue weighted by Crippen LogP contribution is 2.39. The number of methoxy groups -OCH3 is 1. The average Bonchev–Trinajstić information content (AvgIpc) is 3.29. The maximum atomic E-state index is 13.5. The number of ether oxygens (including phenoxy) is 2. The van der Waals surface area contributed by atoms with Gasteiger partial charge in [0.15, 0.2) is 5.13 Å². The molecule has 1 saturated heterocycles. The number of nitrogens with zero attached hydrogens (tertiary/aromatic N) is 3. The zero-order chi connectivity index (χ0) is 23.2. The number of anilines is 1. The lowest BCUT2D eigenvalue weighted by atomic mass is 10.1. The first kappa shape index (κ1) is 24.3. The van der Waals surface area contributed by atoms with Crippen LogP contribution >= 0.6 is 34.7 Å². The maximum absolute atomic E-state index is 13.5. The molecule has 6 nitrogen and oxygen atoms in total. The Bertz CT molecular complexity index is 1080. The summed E-state index contributed by atoms with van der Waals surface area (Å²) < 4.78 is 11.8. The monoisotopic (exact) mass is 505 g/mol. The van der Waals surface area contributed by atoms with Gasteiger partial charge in [-0.15, -0.1) is 11.8 Å². The Morgan fingerprint density at radius 2 is 2.00 bits per heavy atom. The zero-order valence-corrected chi connectivity index (χ0v) is 21.3. The van der Waals surface area contributed by atoms with Gasteiger partial charge in [0.05, 0.1) is 36.5 Å². The van der Waals surface area contributed by atoms with Gasteiger partial charge in [0.25, 0.3) is 0 Å². The zero-order valence-electron chi connectivity index (χ0n) is 18.9. The fourth-order valence-corrected chi connectivity index (χ4v) is 5.55. The molecule has 0 N–H and O–H groups in total. The molecule has 0 atom stereocenters. The second-order valence-electron chi connectivity index (χ2n) is 7.80.